The van der Waals surface area contributed by atoms with Crippen LogP contribution in [-0.4, -0.2) is 16.5 Å². The maximum absolute atomic E-state index is 12.9. The number of ether oxygens (including phenoxy) is 1. The van der Waals surface area contributed by atoms with Crippen LogP contribution in [0.15, 0.2) is 77.6 Å². The number of benzene rings is 3. The van der Waals surface area contributed by atoms with Gasteiger partial charge in [0.15, 0.2) is 0 Å². The smallest absolute Gasteiger partial charge is 0.252 e. The lowest BCUT2D eigenvalue weighted by Crippen LogP contribution is -2.26. The Balaban J connectivity index is 1.62. The van der Waals surface area contributed by atoms with E-state index < -0.39 is 0 Å². The molecule has 1 aromatic heterocycles. The molecule has 1 heterocycles. The van der Waals surface area contributed by atoms with E-state index in [0.29, 0.717) is 13.2 Å². The van der Waals surface area contributed by atoms with E-state index in [1.165, 1.54) is 22.3 Å². The number of nitrogens with zero attached hydrogens (tertiary/aromatic N) is 1. The summed E-state index contributed by atoms with van der Waals surface area (Å²) in [5.41, 5.74) is 6.67. The van der Waals surface area contributed by atoms with Gasteiger partial charge in [0.25, 0.3) is 5.56 Å². The molecule has 0 saturated heterocycles. The third-order valence-corrected chi connectivity index (χ3v) is 6.34. The number of nitrogens with one attached hydrogen (secondary N) is 1. The third-order valence-electron chi connectivity index (χ3n) is 6.34. The molecule has 0 radical (unpaired) electrons. The minimum absolute atomic E-state index is 0.0267. The summed E-state index contributed by atoms with van der Waals surface area (Å²) in [5.74, 6) is 0.877. The van der Waals surface area contributed by atoms with E-state index in [1.54, 1.807) is 0 Å². The first-order valence-corrected chi connectivity index (χ1v) is 12.4. The van der Waals surface area contributed by atoms with Crippen molar-refractivity contribution in [3.63, 3.8) is 0 Å². The number of aryl methyl sites for hydroxylation is 1. The van der Waals surface area contributed by atoms with Crippen LogP contribution in [0.1, 0.15) is 55.5 Å². The summed E-state index contributed by atoms with van der Waals surface area (Å²) in [4.78, 5) is 18.3. The van der Waals surface area contributed by atoms with Crippen LogP contribution in [0.3, 0.4) is 0 Å². The summed E-state index contributed by atoms with van der Waals surface area (Å²) in [6, 6.07) is 25.3. The Morgan fingerprint density at radius 1 is 0.829 bits per heavy atom. The van der Waals surface area contributed by atoms with Crippen molar-refractivity contribution < 1.29 is 4.74 Å². The Bertz CT molecular complexity index is 1330. The number of fused-ring (bicyclic) bond motifs is 1. The molecule has 1 N–H and O–H groups in total. The molecule has 0 aliphatic carbocycles. The quantitative estimate of drug-likeness (QED) is 0.312. The molecule has 0 fully saturated rings. The molecule has 0 aliphatic heterocycles. The molecule has 0 unspecified atom stereocenters. The molecule has 35 heavy (non-hydrogen) atoms. The molecule has 0 amide bonds. The fourth-order valence-electron chi connectivity index (χ4n) is 4.38. The summed E-state index contributed by atoms with van der Waals surface area (Å²) >= 11 is 0. The first-order chi connectivity index (χ1) is 16.7. The second kappa shape index (κ2) is 10.5. The Hall–Kier alpha value is -3.37. The third kappa shape index (κ3) is 6.40. The van der Waals surface area contributed by atoms with Crippen molar-refractivity contribution in [2.24, 2.45) is 0 Å². The molecule has 4 rings (SSSR count). The van der Waals surface area contributed by atoms with Gasteiger partial charge in [-0.25, -0.2) is 0 Å². The van der Waals surface area contributed by atoms with E-state index >= 15 is 0 Å². The summed E-state index contributed by atoms with van der Waals surface area (Å²) in [6.45, 7) is 13.5. The van der Waals surface area contributed by atoms with E-state index in [1.807, 2.05) is 37.3 Å². The number of aromatic amines is 1. The van der Waals surface area contributed by atoms with E-state index in [0.717, 1.165) is 35.3 Å². The molecule has 0 spiro atoms. The van der Waals surface area contributed by atoms with E-state index in [2.05, 4.69) is 80.0 Å². The second-order valence-corrected chi connectivity index (χ2v) is 10.4. The summed E-state index contributed by atoms with van der Waals surface area (Å²) < 4.78 is 5.60. The van der Waals surface area contributed by atoms with Crippen LogP contribution in [0.4, 0.5) is 0 Å². The highest BCUT2D eigenvalue weighted by atomic mass is 16.5. The molecule has 4 nitrogen and oxygen atoms in total. The minimum atomic E-state index is -0.0267. The van der Waals surface area contributed by atoms with Crippen LogP contribution < -0.4 is 10.3 Å². The zero-order valence-electron chi connectivity index (χ0n) is 21.5. The number of pyridine rings is 1. The lowest BCUT2D eigenvalue weighted by atomic mass is 9.87. The Morgan fingerprint density at radius 2 is 1.46 bits per heavy atom. The van der Waals surface area contributed by atoms with Crippen LogP contribution in [0, 0.1) is 6.92 Å². The number of hydrogen-bond acceptors (Lipinski definition) is 3. The van der Waals surface area contributed by atoms with Crippen molar-refractivity contribution in [2.75, 3.05) is 6.61 Å². The van der Waals surface area contributed by atoms with Gasteiger partial charge in [0.05, 0.1) is 6.61 Å². The average Bonchev–Trinajstić information content (AvgIpc) is 2.81. The standard InChI is InChI=1S/C31H36N2O2/c1-6-35-28-14-10-24(11-15-28)20-33(19-23-8-12-27(13-9-23)31(3,4)5)21-26-18-25-17-22(2)7-16-29(25)32-30(26)34/h7-18H,6,19-21H2,1-5H3,(H,32,34). The van der Waals surface area contributed by atoms with Crippen molar-refractivity contribution in [1.29, 1.82) is 0 Å². The first-order valence-electron chi connectivity index (χ1n) is 12.4. The zero-order valence-corrected chi connectivity index (χ0v) is 21.5. The SMILES string of the molecule is CCOc1ccc(CN(Cc2ccc(C(C)(C)C)cc2)Cc2cc3cc(C)ccc3[nH]c2=O)cc1. The van der Waals surface area contributed by atoms with E-state index in [9.17, 15) is 4.79 Å². The van der Waals surface area contributed by atoms with Gasteiger partial charge in [-0.15, -0.1) is 0 Å². The van der Waals surface area contributed by atoms with Gasteiger partial charge < -0.3 is 9.72 Å². The number of hydrogen-bond donors (Lipinski definition) is 1. The molecular formula is C31H36N2O2. The van der Waals surface area contributed by atoms with Crippen LogP contribution in [0.25, 0.3) is 10.9 Å². The van der Waals surface area contributed by atoms with Gasteiger partial charge in [0.1, 0.15) is 5.75 Å². The zero-order chi connectivity index (χ0) is 25.0. The molecule has 0 aliphatic rings. The van der Waals surface area contributed by atoms with Gasteiger partial charge in [0, 0.05) is 30.7 Å². The number of rotatable bonds is 8. The van der Waals surface area contributed by atoms with Gasteiger partial charge >= 0.3 is 0 Å². The molecule has 0 bridgehead atoms. The minimum Gasteiger partial charge on any atom is -0.494 e. The second-order valence-electron chi connectivity index (χ2n) is 10.4. The number of H-pyrrole nitrogens is 1. The number of aromatic nitrogens is 1. The highest BCUT2D eigenvalue weighted by molar-refractivity contribution is 5.79. The van der Waals surface area contributed by atoms with Crippen molar-refractivity contribution >= 4 is 10.9 Å². The lowest BCUT2D eigenvalue weighted by Gasteiger charge is -2.24. The Kier molecular flexibility index (Phi) is 7.42. The molecule has 182 valence electrons. The van der Waals surface area contributed by atoms with Gasteiger partial charge in [-0.1, -0.05) is 68.8 Å². The van der Waals surface area contributed by atoms with Crippen LogP contribution in [-0.2, 0) is 25.0 Å². The highest BCUT2D eigenvalue weighted by Gasteiger charge is 2.15. The van der Waals surface area contributed by atoms with E-state index in [4.69, 9.17) is 4.74 Å². The predicted molar refractivity (Wildman–Crippen MR) is 145 cm³/mol. The molecule has 4 aromatic rings. The van der Waals surface area contributed by atoms with Gasteiger partial charge in [-0.05, 0) is 71.7 Å². The molecule has 3 aromatic carbocycles. The first kappa shape index (κ1) is 24.7. The predicted octanol–water partition coefficient (Wildman–Crippen LogP) is 6.74. The van der Waals surface area contributed by atoms with Crippen LogP contribution >= 0.6 is 0 Å². The molecule has 0 saturated carbocycles. The monoisotopic (exact) mass is 468 g/mol. The van der Waals surface area contributed by atoms with Crippen molar-refractivity contribution in [1.82, 2.24) is 9.88 Å². The average molecular weight is 469 g/mol. The van der Waals surface area contributed by atoms with Crippen molar-refractivity contribution in [3.8, 4) is 5.75 Å². The maximum Gasteiger partial charge on any atom is 0.252 e. The highest BCUT2D eigenvalue weighted by Crippen LogP contribution is 2.23. The topological polar surface area (TPSA) is 45.3 Å². The molecule has 4 heteroatoms. The van der Waals surface area contributed by atoms with Gasteiger partial charge in [-0.3, -0.25) is 9.69 Å². The Labute approximate surface area is 208 Å². The summed E-state index contributed by atoms with van der Waals surface area (Å²) in [7, 11) is 0. The van der Waals surface area contributed by atoms with Gasteiger partial charge in [-0.2, -0.15) is 0 Å². The molecular weight excluding hydrogens is 432 g/mol. The molecule has 0 atom stereocenters. The summed E-state index contributed by atoms with van der Waals surface area (Å²) in [5, 5.41) is 1.06. The van der Waals surface area contributed by atoms with Crippen LogP contribution in [0.5, 0.6) is 5.75 Å². The fourth-order valence-corrected chi connectivity index (χ4v) is 4.38. The largest absolute Gasteiger partial charge is 0.494 e. The van der Waals surface area contributed by atoms with Crippen LogP contribution in [0.2, 0.25) is 0 Å². The normalized spacial score (nSPS) is 11.8. The van der Waals surface area contributed by atoms with Crippen molar-refractivity contribution in [2.45, 2.75) is 59.7 Å². The fraction of sp³-hybridized carbons (Fsp3) is 0.323. The summed E-state index contributed by atoms with van der Waals surface area (Å²) in [6.07, 6.45) is 0. The maximum atomic E-state index is 12.9. The Morgan fingerprint density at radius 3 is 2.06 bits per heavy atom. The van der Waals surface area contributed by atoms with Gasteiger partial charge in [0.2, 0.25) is 0 Å². The lowest BCUT2D eigenvalue weighted by molar-refractivity contribution is 0.246. The van der Waals surface area contributed by atoms with Crippen molar-refractivity contribution in [3.05, 3.63) is 111 Å². The van der Waals surface area contributed by atoms with E-state index in [-0.39, 0.29) is 11.0 Å².